The molecular weight excluding hydrogens is 841 g/mol. The van der Waals surface area contributed by atoms with E-state index in [0.717, 1.165) is 67.9 Å². The summed E-state index contributed by atoms with van der Waals surface area (Å²) in [5, 5.41) is 4.75. The summed E-state index contributed by atoms with van der Waals surface area (Å²) >= 11 is 0. The van der Waals surface area contributed by atoms with E-state index in [9.17, 15) is 0 Å². The Labute approximate surface area is 405 Å². The van der Waals surface area contributed by atoms with Gasteiger partial charge in [-0.2, -0.15) is 0 Å². The third-order valence-corrected chi connectivity index (χ3v) is 13.6. The van der Waals surface area contributed by atoms with Crippen LogP contribution in [0, 0.1) is 0 Å². The molecule has 10 aromatic carbocycles. The highest BCUT2D eigenvalue weighted by Gasteiger charge is 2.37. The molecule has 0 aromatic heterocycles. The van der Waals surface area contributed by atoms with E-state index in [1.807, 2.05) is 60.7 Å². The highest BCUT2D eigenvalue weighted by molar-refractivity contribution is 6.01. The van der Waals surface area contributed by atoms with Gasteiger partial charge in [0.15, 0.2) is 0 Å². The smallest absolute Gasteiger partial charge is 0.119 e. The maximum atomic E-state index is 6.31. The maximum Gasteiger partial charge on any atom is 0.119 e. The van der Waals surface area contributed by atoms with E-state index in [1.54, 1.807) is 0 Å². The summed E-state index contributed by atoms with van der Waals surface area (Å²) in [5.74, 6) is 1.65. The molecule has 0 unspecified atom stereocenters. The lowest BCUT2D eigenvalue weighted by molar-refractivity contribution is 0.306. The van der Waals surface area contributed by atoms with Gasteiger partial charge in [0.25, 0.3) is 0 Å². The molecule has 11 rings (SSSR count). The first kappa shape index (κ1) is 43.0. The number of nitrogens with zero attached hydrogens (tertiary/aromatic N) is 2. The van der Waals surface area contributed by atoms with Gasteiger partial charge in [0.2, 0.25) is 0 Å². The Hall–Kier alpha value is -8.60. The molecule has 0 radical (unpaired) electrons. The molecule has 0 bridgehead atoms. The molecule has 1 aliphatic carbocycles. The number of benzene rings is 10. The fourth-order valence-electron chi connectivity index (χ4n) is 9.96. The molecule has 0 aliphatic heterocycles. The van der Waals surface area contributed by atoms with E-state index in [4.69, 9.17) is 9.47 Å². The summed E-state index contributed by atoms with van der Waals surface area (Å²) in [4.78, 5) is 4.81. The average molecular weight is 893 g/mol. The lowest BCUT2D eigenvalue weighted by atomic mass is 9.82. The Morgan fingerprint density at radius 2 is 0.797 bits per heavy atom. The summed E-state index contributed by atoms with van der Waals surface area (Å²) in [7, 11) is 0. The summed E-state index contributed by atoms with van der Waals surface area (Å²) < 4.78 is 12.6. The van der Waals surface area contributed by atoms with Crippen LogP contribution in [0.5, 0.6) is 11.5 Å². The molecule has 0 atom stereocenters. The van der Waals surface area contributed by atoms with Crippen LogP contribution in [-0.2, 0) is 18.6 Å². The van der Waals surface area contributed by atoms with Crippen LogP contribution in [-0.4, -0.2) is 0 Å². The zero-order valence-corrected chi connectivity index (χ0v) is 39.0. The van der Waals surface area contributed by atoms with Crippen molar-refractivity contribution in [3.63, 3.8) is 0 Å². The monoisotopic (exact) mass is 892 g/mol. The van der Waals surface area contributed by atoms with Crippen molar-refractivity contribution in [1.82, 2.24) is 0 Å². The molecule has 1 aliphatic rings. The molecule has 0 saturated heterocycles. The molecular formula is C65H52N2O2. The lowest BCUT2D eigenvalue weighted by Crippen LogP contribution is -2.18. The molecule has 0 saturated carbocycles. The topological polar surface area (TPSA) is 24.9 Å². The van der Waals surface area contributed by atoms with Gasteiger partial charge in [-0.05, 0) is 140 Å². The van der Waals surface area contributed by atoms with E-state index in [2.05, 4.69) is 207 Å². The Kier molecular flexibility index (Phi) is 11.4. The summed E-state index contributed by atoms with van der Waals surface area (Å²) in [6.07, 6.45) is 3.69. The zero-order chi connectivity index (χ0) is 46.9. The summed E-state index contributed by atoms with van der Waals surface area (Å²) in [6.45, 7) is 13.4. The van der Waals surface area contributed by atoms with Crippen molar-refractivity contribution >= 4 is 67.8 Å². The molecule has 0 heterocycles. The van der Waals surface area contributed by atoms with Crippen molar-refractivity contribution < 1.29 is 9.47 Å². The Balaban J connectivity index is 0.977. The zero-order valence-electron chi connectivity index (χ0n) is 39.0. The second-order valence-corrected chi connectivity index (χ2v) is 18.2. The molecule has 10 aromatic rings. The van der Waals surface area contributed by atoms with E-state index in [-0.39, 0.29) is 5.41 Å². The second kappa shape index (κ2) is 18.2. The van der Waals surface area contributed by atoms with Gasteiger partial charge in [0.1, 0.15) is 24.7 Å². The van der Waals surface area contributed by atoms with Crippen LogP contribution in [0.2, 0.25) is 0 Å². The minimum absolute atomic E-state index is 0.320. The average Bonchev–Trinajstić information content (AvgIpc) is 3.62. The number of fused-ring (bicyclic) bond motifs is 5. The van der Waals surface area contributed by atoms with Crippen LogP contribution in [0.1, 0.15) is 47.2 Å². The van der Waals surface area contributed by atoms with Crippen LogP contribution in [0.4, 0.5) is 34.1 Å². The first-order valence-electron chi connectivity index (χ1n) is 23.6. The number of ether oxygens (including phenoxy) is 2. The van der Waals surface area contributed by atoms with Crippen molar-refractivity contribution in [2.45, 2.75) is 32.5 Å². The van der Waals surface area contributed by atoms with E-state index < -0.39 is 0 Å². The van der Waals surface area contributed by atoms with Gasteiger partial charge in [0.05, 0.1) is 11.4 Å². The number of hydrogen-bond donors (Lipinski definition) is 0. The molecule has 4 nitrogen and oxygen atoms in total. The standard InChI is InChI=1S/C65H52N2O2/c1-5-45-27-33-55(34-28-45)68-43-47-15-11-21-51(39-47)66(63-25-13-19-49-17-7-9-23-57(49)63)53-31-37-59-60-38-32-54(42-62(60)65(3,4)61(59)41-53)67(64-26-14-20-50-18-8-10-24-58(50)64)52-22-12-16-48(40-52)44-69-56-35-29-46(6-2)30-36-56/h5-42H,1-2,43-44H2,3-4H3. The van der Waals surface area contributed by atoms with Gasteiger partial charge in [-0.1, -0.05) is 173 Å². The molecule has 4 heteroatoms. The SMILES string of the molecule is C=Cc1ccc(OCc2cccc(N(c3ccc4c(c3)C(C)(C)c3cc(N(c5cccc(COc6ccc(C=C)cc6)c5)c5cccc6ccccc56)ccc3-4)c3cccc4ccccc34)c2)cc1. The maximum absolute atomic E-state index is 6.31. The first-order chi connectivity index (χ1) is 33.8. The van der Waals surface area contributed by atoms with Crippen LogP contribution in [0.25, 0.3) is 44.8 Å². The van der Waals surface area contributed by atoms with Crippen LogP contribution >= 0.6 is 0 Å². The quantitative estimate of drug-likeness (QED) is 0.109. The second-order valence-electron chi connectivity index (χ2n) is 18.2. The number of rotatable bonds is 14. The van der Waals surface area contributed by atoms with Gasteiger partial charge < -0.3 is 19.3 Å². The van der Waals surface area contributed by atoms with E-state index in [1.165, 1.54) is 43.8 Å². The Morgan fingerprint density at radius 1 is 0.406 bits per heavy atom. The van der Waals surface area contributed by atoms with Crippen LogP contribution in [0.15, 0.2) is 232 Å². The summed E-state index contributed by atoms with van der Waals surface area (Å²) in [5.41, 5.74) is 15.6. The minimum Gasteiger partial charge on any atom is -0.489 e. The summed E-state index contributed by atoms with van der Waals surface area (Å²) in [6, 6.07) is 78.0. The van der Waals surface area contributed by atoms with Gasteiger partial charge in [-0.25, -0.2) is 0 Å². The number of anilines is 6. The van der Waals surface area contributed by atoms with Crippen LogP contribution in [0.3, 0.4) is 0 Å². The molecule has 0 amide bonds. The van der Waals surface area contributed by atoms with E-state index in [0.29, 0.717) is 13.2 Å². The fraction of sp³-hybridized carbons (Fsp3) is 0.0769. The lowest BCUT2D eigenvalue weighted by Gasteiger charge is -2.30. The van der Waals surface area contributed by atoms with Crippen molar-refractivity contribution in [2.24, 2.45) is 0 Å². The van der Waals surface area contributed by atoms with Crippen LogP contribution < -0.4 is 19.3 Å². The number of hydrogen-bond acceptors (Lipinski definition) is 4. The van der Waals surface area contributed by atoms with Gasteiger partial charge in [-0.15, -0.1) is 0 Å². The highest BCUT2D eigenvalue weighted by Crippen LogP contribution is 2.53. The molecule has 334 valence electrons. The fourth-order valence-corrected chi connectivity index (χ4v) is 9.96. The molecule has 0 spiro atoms. The highest BCUT2D eigenvalue weighted by atomic mass is 16.5. The predicted molar refractivity (Wildman–Crippen MR) is 290 cm³/mol. The van der Waals surface area contributed by atoms with E-state index >= 15 is 0 Å². The van der Waals surface area contributed by atoms with Crippen molar-refractivity contribution in [3.8, 4) is 22.6 Å². The van der Waals surface area contributed by atoms with Gasteiger partial charge in [0, 0.05) is 38.9 Å². The Bertz CT molecular complexity index is 3290. The third-order valence-electron chi connectivity index (χ3n) is 13.6. The van der Waals surface area contributed by atoms with Crippen molar-refractivity contribution in [1.29, 1.82) is 0 Å². The molecule has 69 heavy (non-hydrogen) atoms. The largest absolute Gasteiger partial charge is 0.489 e. The van der Waals surface area contributed by atoms with Crippen molar-refractivity contribution in [2.75, 3.05) is 9.80 Å². The molecule has 0 N–H and O–H groups in total. The van der Waals surface area contributed by atoms with Gasteiger partial charge >= 0.3 is 0 Å². The predicted octanol–water partition coefficient (Wildman–Crippen LogP) is 17.7. The normalized spacial score (nSPS) is 12.3. The van der Waals surface area contributed by atoms with Gasteiger partial charge in [-0.3, -0.25) is 0 Å². The molecule has 0 fully saturated rings. The minimum atomic E-state index is -0.320. The van der Waals surface area contributed by atoms with Crippen molar-refractivity contribution in [3.05, 3.63) is 265 Å². The third kappa shape index (κ3) is 8.32. The Morgan fingerprint density at radius 3 is 1.23 bits per heavy atom. The first-order valence-corrected chi connectivity index (χ1v) is 23.6.